The van der Waals surface area contributed by atoms with Crippen LogP contribution < -0.4 is 5.73 Å². The zero-order valence-electron chi connectivity index (χ0n) is 9.64. The molecule has 16 heavy (non-hydrogen) atoms. The molecule has 0 saturated heterocycles. The average Bonchev–Trinajstić information content (AvgIpc) is 2.25. The number of nitrogens with two attached hydrogens (primary N) is 1. The minimum absolute atomic E-state index is 0.00639. The number of hydrogen-bond acceptors (Lipinski definition) is 5. The van der Waals surface area contributed by atoms with Gasteiger partial charge in [0.05, 0.1) is 11.4 Å². The largest absolute Gasteiger partial charge is 0.504 e. The highest BCUT2D eigenvalue weighted by Crippen LogP contribution is 2.23. The summed E-state index contributed by atoms with van der Waals surface area (Å²) in [6.07, 6.45) is 1.55. The Morgan fingerprint density at radius 1 is 1.38 bits per heavy atom. The van der Waals surface area contributed by atoms with Gasteiger partial charge < -0.3 is 20.3 Å². The maximum Gasteiger partial charge on any atom is 0.163 e. The highest BCUT2D eigenvalue weighted by molar-refractivity contribution is 5.52. The molecule has 0 saturated carbocycles. The third kappa shape index (κ3) is 3.36. The van der Waals surface area contributed by atoms with Crippen molar-refractivity contribution in [1.29, 1.82) is 0 Å². The van der Waals surface area contributed by atoms with E-state index >= 15 is 0 Å². The average molecular weight is 226 g/mol. The topological polar surface area (TPSA) is 77.6 Å². The summed E-state index contributed by atoms with van der Waals surface area (Å²) in [6, 6.07) is 1.55. The zero-order valence-corrected chi connectivity index (χ0v) is 9.64. The molecule has 0 amide bonds. The van der Waals surface area contributed by atoms with E-state index in [1.165, 1.54) is 0 Å². The highest BCUT2D eigenvalue weighted by Gasteiger charge is 2.14. The smallest absolute Gasteiger partial charge is 0.163 e. The van der Waals surface area contributed by atoms with Gasteiger partial charge in [0.1, 0.15) is 0 Å². The van der Waals surface area contributed by atoms with Crippen LogP contribution in [0.5, 0.6) is 5.75 Å². The first-order valence-electron chi connectivity index (χ1n) is 5.34. The number of anilines is 1. The van der Waals surface area contributed by atoms with E-state index in [-0.39, 0.29) is 5.75 Å². The van der Waals surface area contributed by atoms with Gasteiger partial charge in [0.2, 0.25) is 0 Å². The molecule has 0 fully saturated rings. The van der Waals surface area contributed by atoms with E-state index in [4.69, 9.17) is 15.2 Å². The van der Waals surface area contributed by atoms with E-state index < -0.39 is 6.29 Å². The summed E-state index contributed by atoms with van der Waals surface area (Å²) in [5.74, 6) is 0.00639. The van der Waals surface area contributed by atoms with Crippen molar-refractivity contribution in [2.45, 2.75) is 26.6 Å². The molecule has 5 heteroatoms. The number of aromatic hydroxyl groups is 1. The van der Waals surface area contributed by atoms with E-state index in [1.807, 2.05) is 13.8 Å². The van der Waals surface area contributed by atoms with Crippen LogP contribution in [-0.4, -0.2) is 29.6 Å². The molecule has 0 unspecified atom stereocenters. The van der Waals surface area contributed by atoms with Crippen LogP contribution in [0.15, 0.2) is 12.3 Å². The van der Waals surface area contributed by atoms with Gasteiger partial charge in [0.25, 0.3) is 0 Å². The third-order valence-corrected chi connectivity index (χ3v) is 2.10. The summed E-state index contributed by atoms with van der Waals surface area (Å²) < 4.78 is 10.7. The summed E-state index contributed by atoms with van der Waals surface area (Å²) in [4.78, 5) is 4.05. The summed E-state index contributed by atoms with van der Waals surface area (Å²) in [7, 11) is 0. The Balaban J connectivity index is 2.72. The van der Waals surface area contributed by atoms with Gasteiger partial charge >= 0.3 is 0 Å². The van der Waals surface area contributed by atoms with E-state index in [9.17, 15) is 5.11 Å². The first-order valence-corrected chi connectivity index (χ1v) is 5.34. The number of nitrogen functional groups attached to an aromatic ring is 1. The molecule has 1 aromatic rings. The van der Waals surface area contributed by atoms with Crippen LogP contribution in [-0.2, 0) is 15.9 Å². The third-order valence-electron chi connectivity index (χ3n) is 2.10. The van der Waals surface area contributed by atoms with Gasteiger partial charge in [-0.05, 0) is 19.9 Å². The number of hydrogen-bond donors (Lipinski definition) is 2. The first-order chi connectivity index (χ1) is 7.69. The Morgan fingerprint density at radius 3 is 2.56 bits per heavy atom. The molecule has 1 heterocycles. The zero-order chi connectivity index (χ0) is 12.0. The molecule has 0 radical (unpaired) electrons. The molecular weight excluding hydrogens is 208 g/mol. The van der Waals surface area contributed by atoms with Crippen molar-refractivity contribution in [2.24, 2.45) is 0 Å². The fourth-order valence-corrected chi connectivity index (χ4v) is 1.36. The van der Waals surface area contributed by atoms with Gasteiger partial charge in [-0.3, -0.25) is 4.98 Å². The Hall–Kier alpha value is -1.33. The number of rotatable bonds is 6. The summed E-state index contributed by atoms with van der Waals surface area (Å²) in [5.41, 5.74) is 6.38. The van der Waals surface area contributed by atoms with Crippen molar-refractivity contribution in [3.8, 4) is 5.75 Å². The first kappa shape index (κ1) is 12.7. The lowest BCUT2D eigenvalue weighted by atomic mass is 10.2. The number of pyridine rings is 1. The Bertz CT molecular complexity index is 325. The second-order valence-electron chi connectivity index (χ2n) is 3.24. The summed E-state index contributed by atoms with van der Waals surface area (Å²) in [6.45, 7) is 4.87. The monoisotopic (exact) mass is 226 g/mol. The molecular formula is C11H18N2O3. The maximum atomic E-state index is 9.68. The molecule has 0 spiro atoms. The molecule has 1 rings (SSSR count). The van der Waals surface area contributed by atoms with Crippen LogP contribution in [0.4, 0.5) is 5.69 Å². The number of ether oxygens (including phenoxy) is 2. The lowest BCUT2D eigenvalue weighted by Crippen LogP contribution is -2.20. The van der Waals surface area contributed by atoms with Gasteiger partial charge in [0, 0.05) is 25.8 Å². The second-order valence-corrected chi connectivity index (χ2v) is 3.24. The fraction of sp³-hybridized carbons (Fsp3) is 0.545. The molecule has 0 aliphatic rings. The predicted octanol–water partition coefficient (Wildman–Crippen LogP) is 1.31. The predicted molar refractivity (Wildman–Crippen MR) is 61.1 cm³/mol. The Kier molecular flexibility index (Phi) is 5.01. The summed E-state index contributed by atoms with van der Waals surface area (Å²) >= 11 is 0. The lowest BCUT2D eigenvalue weighted by Gasteiger charge is -2.17. The van der Waals surface area contributed by atoms with Crippen LogP contribution in [0.2, 0.25) is 0 Å². The van der Waals surface area contributed by atoms with Gasteiger partial charge in [0.15, 0.2) is 12.0 Å². The SMILES string of the molecule is CCOC(Cc1nccc(N)c1O)OCC. The van der Waals surface area contributed by atoms with E-state index in [0.29, 0.717) is 31.0 Å². The molecule has 0 aromatic carbocycles. The maximum absolute atomic E-state index is 9.68. The van der Waals surface area contributed by atoms with Gasteiger partial charge in [-0.15, -0.1) is 0 Å². The lowest BCUT2D eigenvalue weighted by molar-refractivity contribution is -0.135. The van der Waals surface area contributed by atoms with E-state index in [2.05, 4.69) is 4.98 Å². The number of nitrogens with zero attached hydrogens (tertiary/aromatic N) is 1. The van der Waals surface area contributed by atoms with Crippen molar-refractivity contribution in [1.82, 2.24) is 4.98 Å². The summed E-state index contributed by atoms with van der Waals surface area (Å²) in [5, 5.41) is 9.68. The normalized spacial score (nSPS) is 10.9. The number of aromatic nitrogens is 1. The van der Waals surface area contributed by atoms with Crippen LogP contribution in [0.3, 0.4) is 0 Å². The molecule has 90 valence electrons. The molecule has 3 N–H and O–H groups in total. The quantitative estimate of drug-likeness (QED) is 0.715. The van der Waals surface area contributed by atoms with Crippen molar-refractivity contribution in [2.75, 3.05) is 18.9 Å². The van der Waals surface area contributed by atoms with Gasteiger partial charge in [-0.2, -0.15) is 0 Å². The minimum Gasteiger partial charge on any atom is -0.504 e. The molecule has 0 atom stereocenters. The second kappa shape index (κ2) is 6.30. The van der Waals surface area contributed by atoms with Crippen LogP contribution in [0.1, 0.15) is 19.5 Å². The van der Waals surface area contributed by atoms with Crippen molar-refractivity contribution in [3.05, 3.63) is 18.0 Å². The van der Waals surface area contributed by atoms with Crippen molar-refractivity contribution >= 4 is 5.69 Å². The molecule has 0 aliphatic heterocycles. The van der Waals surface area contributed by atoms with Crippen LogP contribution >= 0.6 is 0 Å². The molecule has 5 nitrogen and oxygen atoms in total. The van der Waals surface area contributed by atoms with Crippen LogP contribution in [0.25, 0.3) is 0 Å². The van der Waals surface area contributed by atoms with Gasteiger partial charge in [-0.1, -0.05) is 0 Å². The molecule has 0 bridgehead atoms. The van der Waals surface area contributed by atoms with Gasteiger partial charge in [-0.25, -0.2) is 0 Å². The Morgan fingerprint density at radius 2 is 2.00 bits per heavy atom. The van der Waals surface area contributed by atoms with Crippen molar-refractivity contribution < 1.29 is 14.6 Å². The molecule has 1 aromatic heterocycles. The highest BCUT2D eigenvalue weighted by atomic mass is 16.7. The van der Waals surface area contributed by atoms with Crippen LogP contribution in [0, 0.1) is 0 Å². The Labute approximate surface area is 95.2 Å². The standard InChI is InChI=1S/C11H18N2O3/c1-3-15-10(16-4-2)7-9-11(14)8(12)5-6-13-9/h5-6,10,14H,3-4,7H2,1-2H3,(H2,12,13). The van der Waals surface area contributed by atoms with E-state index in [0.717, 1.165) is 0 Å². The van der Waals surface area contributed by atoms with Crippen molar-refractivity contribution in [3.63, 3.8) is 0 Å². The van der Waals surface area contributed by atoms with E-state index in [1.54, 1.807) is 12.3 Å². The minimum atomic E-state index is -0.393. The molecule has 0 aliphatic carbocycles. The fourth-order valence-electron chi connectivity index (χ4n) is 1.36.